The molecule has 2 N–H and O–H groups in total. The van der Waals surface area contributed by atoms with E-state index in [9.17, 15) is 18.8 Å². The van der Waals surface area contributed by atoms with Gasteiger partial charge in [0.25, 0.3) is 0 Å². The number of nitrogens with one attached hydrogen (secondary N) is 2. The first kappa shape index (κ1) is 23.0. The number of nitrogens with zero attached hydrogens (tertiary/aromatic N) is 2. The first-order valence-electron chi connectivity index (χ1n) is 10.7. The molecule has 0 radical (unpaired) electrons. The molecule has 31 heavy (non-hydrogen) atoms. The van der Waals surface area contributed by atoms with Crippen LogP contribution >= 0.6 is 0 Å². The maximum atomic E-state index is 14.7. The predicted octanol–water partition coefficient (Wildman–Crippen LogP) is 1.90. The zero-order valence-electron chi connectivity index (χ0n) is 18.4. The topological polar surface area (TPSA) is 91.0 Å². The van der Waals surface area contributed by atoms with Crippen LogP contribution in [0.4, 0.5) is 15.8 Å². The number of carbonyl (C=O) groups is 3. The van der Waals surface area contributed by atoms with E-state index in [0.717, 1.165) is 13.1 Å². The second kappa shape index (κ2) is 9.64. The van der Waals surface area contributed by atoms with Crippen LogP contribution in [0.1, 0.15) is 40.0 Å². The van der Waals surface area contributed by atoms with Crippen molar-refractivity contribution in [2.45, 2.75) is 51.7 Å². The van der Waals surface area contributed by atoms with Crippen molar-refractivity contribution in [3.05, 3.63) is 24.0 Å². The minimum atomic E-state index is -0.545. The summed E-state index contributed by atoms with van der Waals surface area (Å²) in [6.07, 6.45) is 0.994. The van der Waals surface area contributed by atoms with Gasteiger partial charge in [0.05, 0.1) is 12.1 Å². The van der Waals surface area contributed by atoms with E-state index in [1.165, 1.54) is 6.07 Å². The molecule has 1 unspecified atom stereocenters. The van der Waals surface area contributed by atoms with E-state index in [1.54, 1.807) is 12.1 Å². The molecule has 0 spiro atoms. The van der Waals surface area contributed by atoms with Crippen molar-refractivity contribution in [3.63, 3.8) is 0 Å². The summed E-state index contributed by atoms with van der Waals surface area (Å²) in [5, 5.41) is 5.28. The fourth-order valence-electron chi connectivity index (χ4n) is 3.74. The summed E-state index contributed by atoms with van der Waals surface area (Å²) in [6, 6.07) is 4.29. The van der Waals surface area contributed by atoms with Gasteiger partial charge in [0, 0.05) is 44.8 Å². The van der Waals surface area contributed by atoms with Crippen LogP contribution in [0.5, 0.6) is 0 Å². The highest BCUT2D eigenvalue weighted by atomic mass is 19.1. The zero-order valence-corrected chi connectivity index (χ0v) is 18.4. The first-order valence-corrected chi connectivity index (χ1v) is 10.7. The number of ether oxygens (including phenoxy) is 1. The molecule has 170 valence electrons. The number of hydrogen-bond acceptors (Lipinski definition) is 7. The Morgan fingerprint density at radius 2 is 1.94 bits per heavy atom. The number of esters is 1. The van der Waals surface area contributed by atoms with Crippen LogP contribution in [0.15, 0.2) is 18.2 Å². The summed E-state index contributed by atoms with van der Waals surface area (Å²) < 4.78 is 20.1. The van der Waals surface area contributed by atoms with E-state index in [0.29, 0.717) is 43.9 Å². The molecule has 3 rings (SSSR count). The molecule has 2 aliphatic rings. The lowest BCUT2D eigenvalue weighted by atomic mass is 10.1. The van der Waals surface area contributed by atoms with Gasteiger partial charge >= 0.3 is 5.97 Å². The van der Waals surface area contributed by atoms with Gasteiger partial charge in [0.2, 0.25) is 11.8 Å². The fourth-order valence-corrected chi connectivity index (χ4v) is 3.74. The van der Waals surface area contributed by atoms with E-state index < -0.39 is 11.6 Å². The van der Waals surface area contributed by atoms with Crippen LogP contribution in [0.2, 0.25) is 0 Å². The van der Waals surface area contributed by atoms with Gasteiger partial charge in [-0.3, -0.25) is 24.6 Å². The monoisotopic (exact) mass is 434 g/mol. The molecule has 2 heterocycles. The van der Waals surface area contributed by atoms with Crippen molar-refractivity contribution < 1.29 is 23.5 Å². The predicted molar refractivity (Wildman–Crippen MR) is 115 cm³/mol. The summed E-state index contributed by atoms with van der Waals surface area (Å²) >= 11 is 0. The van der Waals surface area contributed by atoms with Crippen LogP contribution in [-0.2, 0) is 19.1 Å². The Bertz CT molecular complexity index is 831. The first-order chi connectivity index (χ1) is 14.6. The maximum absolute atomic E-state index is 14.7. The number of imide groups is 1. The van der Waals surface area contributed by atoms with Crippen molar-refractivity contribution in [1.82, 2.24) is 10.2 Å². The molecule has 0 aliphatic carbocycles. The fraction of sp³-hybridized carbons (Fsp3) is 0.591. The molecular formula is C22H31FN4O4. The highest BCUT2D eigenvalue weighted by Crippen LogP contribution is 2.25. The van der Waals surface area contributed by atoms with E-state index >= 15 is 0 Å². The molecule has 2 aliphatic heterocycles. The number of halogens is 1. The SMILES string of the molecule is CC(C)(C)OC(=O)CCN1CCN(c2ccc(NC3CCC(=O)NC3=O)cc2F)CC1. The lowest BCUT2D eigenvalue weighted by Crippen LogP contribution is -2.47. The Balaban J connectivity index is 1.49. The Labute approximate surface area is 182 Å². The summed E-state index contributed by atoms with van der Waals surface area (Å²) in [7, 11) is 0. The lowest BCUT2D eigenvalue weighted by molar-refractivity contribution is -0.155. The number of piperidine rings is 1. The number of carbonyl (C=O) groups excluding carboxylic acids is 3. The summed E-state index contributed by atoms with van der Waals surface area (Å²) in [5.74, 6) is -1.24. The Hall–Kier alpha value is -2.68. The normalized spacial score (nSPS) is 20.4. The van der Waals surface area contributed by atoms with Gasteiger partial charge in [0.15, 0.2) is 0 Å². The quantitative estimate of drug-likeness (QED) is 0.522. The summed E-state index contributed by atoms with van der Waals surface area (Å²) in [5.41, 5.74) is 0.541. The average molecular weight is 435 g/mol. The summed E-state index contributed by atoms with van der Waals surface area (Å²) in [6.45, 7) is 8.96. The lowest BCUT2D eigenvalue weighted by Gasteiger charge is -2.36. The van der Waals surface area contributed by atoms with Gasteiger partial charge in [-0.1, -0.05) is 0 Å². The molecule has 2 saturated heterocycles. The molecule has 2 amide bonds. The van der Waals surface area contributed by atoms with Crippen molar-refractivity contribution >= 4 is 29.2 Å². The number of anilines is 2. The molecule has 0 saturated carbocycles. The molecule has 1 aromatic rings. The van der Waals surface area contributed by atoms with Gasteiger partial charge in [0.1, 0.15) is 17.5 Å². The van der Waals surface area contributed by atoms with Crippen molar-refractivity contribution in [2.75, 3.05) is 42.9 Å². The third-order valence-electron chi connectivity index (χ3n) is 5.29. The largest absolute Gasteiger partial charge is 0.460 e. The molecular weight excluding hydrogens is 403 g/mol. The van der Waals surface area contributed by atoms with Crippen molar-refractivity contribution in [3.8, 4) is 0 Å². The number of piperazine rings is 1. The molecule has 0 aromatic heterocycles. The van der Waals surface area contributed by atoms with Crippen LogP contribution < -0.4 is 15.5 Å². The Kier molecular flexibility index (Phi) is 7.15. The molecule has 9 heteroatoms. The smallest absolute Gasteiger partial charge is 0.307 e. The van der Waals surface area contributed by atoms with Gasteiger partial charge in [-0.15, -0.1) is 0 Å². The minimum Gasteiger partial charge on any atom is -0.460 e. The van der Waals surface area contributed by atoms with Crippen LogP contribution in [0, 0.1) is 5.82 Å². The number of benzene rings is 1. The third kappa shape index (κ3) is 6.65. The maximum Gasteiger partial charge on any atom is 0.307 e. The van der Waals surface area contributed by atoms with Crippen LogP contribution in [-0.4, -0.2) is 67.1 Å². The van der Waals surface area contributed by atoms with Gasteiger partial charge in [-0.25, -0.2) is 4.39 Å². The summed E-state index contributed by atoms with van der Waals surface area (Å²) in [4.78, 5) is 39.2. The van der Waals surface area contributed by atoms with Crippen LogP contribution in [0.3, 0.4) is 0 Å². The molecule has 1 aromatic carbocycles. The number of rotatable bonds is 6. The Morgan fingerprint density at radius 1 is 1.23 bits per heavy atom. The second-order valence-electron chi connectivity index (χ2n) is 8.98. The van der Waals surface area contributed by atoms with Crippen molar-refractivity contribution in [1.29, 1.82) is 0 Å². The number of amides is 2. The van der Waals surface area contributed by atoms with Gasteiger partial charge in [-0.2, -0.15) is 0 Å². The van der Waals surface area contributed by atoms with Gasteiger partial charge in [-0.05, 0) is 45.4 Å². The molecule has 1 atom stereocenters. The standard InChI is InChI=1S/C22H31FN4O4/c1-22(2,3)31-20(29)8-9-26-10-12-27(13-11-26)18-6-4-15(14-16(18)23)24-17-5-7-19(28)25-21(17)30/h4,6,14,17,24H,5,7-13H2,1-3H3,(H,25,28,30). The Morgan fingerprint density at radius 3 is 2.55 bits per heavy atom. The van der Waals surface area contributed by atoms with E-state index in [1.807, 2.05) is 25.7 Å². The third-order valence-corrected chi connectivity index (χ3v) is 5.29. The highest BCUT2D eigenvalue weighted by Gasteiger charge is 2.27. The second-order valence-corrected chi connectivity index (χ2v) is 8.98. The minimum absolute atomic E-state index is 0.208. The number of hydrogen-bond donors (Lipinski definition) is 2. The van der Waals surface area contributed by atoms with Crippen LogP contribution in [0.25, 0.3) is 0 Å². The van der Waals surface area contributed by atoms with Gasteiger partial charge < -0.3 is 15.0 Å². The zero-order chi connectivity index (χ0) is 22.6. The highest BCUT2D eigenvalue weighted by molar-refractivity contribution is 6.01. The van der Waals surface area contributed by atoms with E-state index in [2.05, 4.69) is 15.5 Å². The van der Waals surface area contributed by atoms with E-state index in [4.69, 9.17) is 4.74 Å². The van der Waals surface area contributed by atoms with E-state index in [-0.39, 0.29) is 30.0 Å². The molecule has 8 nitrogen and oxygen atoms in total. The van der Waals surface area contributed by atoms with Crippen molar-refractivity contribution in [2.24, 2.45) is 0 Å². The average Bonchev–Trinajstić information content (AvgIpc) is 2.68. The molecule has 2 fully saturated rings. The molecule has 0 bridgehead atoms.